The molecule has 0 spiro atoms. The van der Waals surface area contributed by atoms with E-state index in [1.165, 1.54) is 22.8 Å². The molecule has 4 rings (SSSR count). The molecular weight excluding hydrogens is 393 g/mol. The molecule has 0 amide bonds. The molecular formula is C21H20FN3O3S. The lowest BCUT2D eigenvalue weighted by Gasteiger charge is -2.26. The molecule has 1 atom stereocenters. The van der Waals surface area contributed by atoms with E-state index in [1.807, 2.05) is 18.2 Å². The molecule has 8 heteroatoms. The van der Waals surface area contributed by atoms with Gasteiger partial charge in [-0.25, -0.2) is 22.8 Å². The summed E-state index contributed by atoms with van der Waals surface area (Å²) in [6, 6.07) is 8.99. The number of hydrogen-bond donors (Lipinski definition) is 0. The standard InChI is InChI=1S/C21H20FN3O3S/c1-14-3-5-19(22)8-21(14)29(26,27)25-11-17-7-16(18-9-23-13-24-10-18)4-6-20(17)28-12-15(25)2/h3-10,13,15H,11-12H2,1-2H3. The second-order valence-electron chi connectivity index (χ2n) is 7.07. The fourth-order valence-electron chi connectivity index (χ4n) is 3.39. The lowest BCUT2D eigenvalue weighted by atomic mass is 10.0. The molecule has 150 valence electrons. The Morgan fingerprint density at radius 2 is 1.86 bits per heavy atom. The number of benzene rings is 2. The second kappa shape index (κ2) is 7.53. The number of nitrogens with zero attached hydrogens (tertiary/aromatic N) is 3. The molecule has 0 fully saturated rings. The van der Waals surface area contributed by atoms with Crippen LogP contribution in [0.2, 0.25) is 0 Å². The van der Waals surface area contributed by atoms with Crippen molar-refractivity contribution in [3.63, 3.8) is 0 Å². The summed E-state index contributed by atoms with van der Waals surface area (Å²) in [7, 11) is -3.92. The Morgan fingerprint density at radius 3 is 2.62 bits per heavy atom. The number of aryl methyl sites for hydroxylation is 1. The quantitative estimate of drug-likeness (QED) is 0.657. The lowest BCUT2D eigenvalue weighted by Crippen LogP contribution is -2.40. The van der Waals surface area contributed by atoms with Crippen molar-refractivity contribution >= 4 is 10.0 Å². The Labute approximate surface area is 169 Å². The van der Waals surface area contributed by atoms with Crippen molar-refractivity contribution in [3.05, 3.63) is 72.1 Å². The number of aromatic nitrogens is 2. The fourth-order valence-corrected chi connectivity index (χ4v) is 5.22. The topological polar surface area (TPSA) is 72.4 Å². The van der Waals surface area contributed by atoms with Gasteiger partial charge in [-0.05, 0) is 49.2 Å². The number of ether oxygens (including phenoxy) is 1. The number of fused-ring (bicyclic) bond motifs is 1. The molecule has 1 aliphatic heterocycles. The zero-order chi connectivity index (χ0) is 20.6. The number of sulfonamides is 1. The van der Waals surface area contributed by atoms with Crippen LogP contribution in [0.4, 0.5) is 4.39 Å². The SMILES string of the molecule is Cc1ccc(F)cc1S(=O)(=O)N1Cc2cc(-c3cncnc3)ccc2OCC1C. The molecule has 1 aromatic heterocycles. The Balaban J connectivity index is 1.76. The highest BCUT2D eigenvalue weighted by Gasteiger charge is 2.33. The maximum Gasteiger partial charge on any atom is 0.244 e. The van der Waals surface area contributed by atoms with Gasteiger partial charge in [0.05, 0.1) is 10.9 Å². The van der Waals surface area contributed by atoms with Crippen LogP contribution in [0.15, 0.2) is 60.0 Å². The summed E-state index contributed by atoms with van der Waals surface area (Å²) in [6.07, 6.45) is 4.84. The van der Waals surface area contributed by atoms with E-state index in [0.717, 1.165) is 22.8 Å². The van der Waals surface area contributed by atoms with Crippen LogP contribution >= 0.6 is 0 Å². The first-order valence-corrected chi connectivity index (χ1v) is 10.6. The first-order chi connectivity index (χ1) is 13.9. The molecule has 2 aromatic carbocycles. The molecule has 0 radical (unpaired) electrons. The van der Waals surface area contributed by atoms with Gasteiger partial charge in [-0.2, -0.15) is 4.31 Å². The van der Waals surface area contributed by atoms with Crippen molar-refractivity contribution < 1.29 is 17.5 Å². The van der Waals surface area contributed by atoms with Gasteiger partial charge < -0.3 is 4.74 Å². The number of rotatable bonds is 3. The molecule has 2 heterocycles. The summed E-state index contributed by atoms with van der Waals surface area (Å²) < 4.78 is 47.7. The summed E-state index contributed by atoms with van der Waals surface area (Å²) in [5.41, 5.74) is 2.91. The van der Waals surface area contributed by atoms with Gasteiger partial charge in [0.25, 0.3) is 0 Å². The van der Waals surface area contributed by atoms with Crippen molar-refractivity contribution in [2.24, 2.45) is 0 Å². The monoisotopic (exact) mass is 413 g/mol. The van der Waals surface area contributed by atoms with E-state index in [2.05, 4.69) is 9.97 Å². The van der Waals surface area contributed by atoms with Gasteiger partial charge in [0.2, 0.25) is 10.0 Å². The second-order valence-corrected chi connectivity index (χ2v) is 8.93. The van der Waals surface area contributed by atoms with E-state index in [4.69, 9.17) is 4.74 Å². The van der Waals surface area contributed by atoms with Gasteiger partial charge >= 0.3 is 0 Å². The summed E-state index contributed by atoms with van der Waals surface area (Å²) in [5.74, 6) is 0.0470. The lowest BCUT2D eigenvalue weighted by molar-refractivity contribution is 0.233. The maximum atomic E-state index is 13.8. The highest BCUT2D eigenvalue weighted by atomic mass is 32.2. The highest BCUT2D eigenvalue weighted by molar-refractivity contribution is 7.89. The van der Waals surface area contributed by atoms with E-state index in [0.29, 0.717) is 11.3 Å². The predicted octanol–water partition coefficient (Wildman–Crippen LogP) is 3.56. The first-order valence-electron chi connectivity index (χ1n) is 9.15. The van der Waals surface area contributed by atoms with Crippen molar-refractivity contribution in [1.82, 2.24) is 14.3 Å². The van der Waals surface area contributed by atoms with Gasteiger partial charge in [-0.3, -0.25) is 0 Å². The zero-order valence-electron chi connectivity index (χ0n) is 16.0. The Kier molecular flexibility index (Phi) is 5.06. The van der Waals surface area contributed by atoms with Crippen molar-refractivity contribution in [2.75, 3.05) is 6.61 Å². The van der Waals surface area contributed by atoms with Crippen LogP contribution in [-0.2, 0) is 16.6 Å². The van der Waals surface area contributed by atoms with Gasteiger partial charge in [0.15, 0.2) is 0 Å². The fraction of sp³-hybridized carbons (Fsp3) is 0.238. The Morgan fingerprint density at radius 1 is 1.10 bits per heavy atom. The molecule has 1 unspecified atom stereocenters. The van der Waals surface area contributed by atoms with Crippen LogP contribution in [0.1, 0.15) is 18.1 Å². The Bertz CT molecular complexity index is 1150. The third-order valence-corrected chi connectivity index (χ3v) is 7.09. The molecule has 3 aromatic rings. The van der Waals surface area contributed by atoms with Gasteiger partial charge in [-0.1, -0.05) is 12.1 Å². The molecule has 0 saturated heterocycles. The van der Waals surface area contributed by atoms with Gasteiger partial charge in [0.1, 0.15) is 24.5 Å². The minimum atomic E-state index is -3.92. The summed E-state index contributed by atoms with van der Waals surface area (Å²) >= 11 is 0. The number of hydrogen-bond acceptors (Lipinski definition) is 5. The normalized spacial score (nSPS) is 17.3. The molecule has 0 aliphatic carbocycles. The van der Waals surface area contributed by atoms with Crippen LogP contribution in [0.5, 0.6) is 5.75 Å². The van der Waals surface area contributed by atoms with Crippen molar-refractivity contribution in [1.29, 1.82) is 0 Å². The molecule has 1 aliphatic rings. The summed E-state index contributed by atoms with van der Waals surface area (Å²) in [4.78, 5) is 8.04. The van der Waals surface area contributed by atoms with Crippen LogP contribution in [0.3, 0.4) is 0 Å². The smallest absolute Gasteiger partial charge is 0.244 e. The van der Waals surface area contributed by atoms with Gasteiger partial charge in [-0.15, -0.1) is 0 Å². The largest absolute Gasteiger partial charge is 0.492 e. The molecule has 6 nitrogen and oxygen atoms in total. The third-order valence-electron chi connectivity index (χ3n) is 4.99. The maximum absolute atomic E-state index is 13.8. The van der Waals surface area contributed by atoms with E-state index >= 15 is 0 Å². The summed E-state index contributed by atoms with van der Waals surface area (Å²) in [5, 5.41) is 0. The molecule has 0 bridgehead atoms. The minimum absolute atomic E-state index is 0.0274. The minimum Gasteiger partial charge on any atom is -0.492 e. The third kappa shape index (κ3) is 3.73. The van der Waals surface area contributed by atoms with E-state index in [9.17, 15) is 12.8 Å². The summed E-state index contributed by atoms with van der Waals surface area (Å²) in [6.45, 7) is 3.77. The van der Waals surface area contributed by atoms with Crippen LogP contribution < -0.4 is 4.74 Å². The predicted molar refractivity (Wildman–Crippen MR) is 106 cm³/mol. The zero-order valence-corrected chi connectivity index (χ0v) is 16.9. The first kappa shape index (κ1) is 19.5. The molecule has 0 N–H and O–H groups in total. The van der Waals surface area contributed by atoms with Gasteiger partial charge in [0, 0.05) is 30.1 Å². The van der Waals surface area contributed by atoms with E-state index < -0.39 is 21.9 Å². The number of halogens is 1. The van der Waals surface area contributed by atoms with Crippen LogP contribution in [0, 0.1) is 12.7 Å². The van der Waals surface area contributed by atoms with Crippen molar-refractivity contribution in [2.45, 2.75) is 31.3 Å². The van der Waals surface area contributed by atoms with Crippen LogP contribution in [-0.4, -0.2) is 35.3 Å². The highest BCUT2D eigenvalue weighted by Crippen LogP contribution is 2.33. The molecule has 0 saturated carbocycles. The average molecular weight is 413 g/mol. The van der Waals surface area contributed by atoms with E-state index in [-0.39, 0.29) is 18.0 Å². The van der Waals surface area contributed by atoms with Crippen LogP contribution in [0.25, 0.3) is 11.1 Å². The Hall–Kier alpha value is -2.84. The average Bonchev–Trinajstić information content (AvgIpc) is 2.89. The van der Waals surface area contributed by atoms with Crippen molar-refractivity contribution in [3.8, 4) is 16.9 Å². The van der Waals surface area contributed by atoms with E-state index in [1.54, 1.807) is 26.2 Å². The molecule has 29 heavy (non-hydrogen) atoms.